The van der Waals surface area contributed by atoms with Crippen molar-refractivity contribution >= 4 is 22.8 Å². The molecule has 0 unspecified atom stereocenters. The van der Waals surface area contributed by atoms with E-state index in [-0.39, 0.29) is 29.4 Å². The van der Waals surface area contributed by atoms with Gasteiger partial charge in [-0.25, -0.2) is 15.0 Å². The minimum Gasteiger partial charge on any atom is -0.383 e. The number of benzene rings is 1. The van der Waals surface area contributed by atoms with Crippen molar-refractivity contribution in [1.29, 1.82) is 0 Å². The van der Waals surface area contributed by atoms with E-state index in [1.807, 2.05) is 0 Å². The number of nitrogen functional groups attached to an aromatic ring is 1. The molecule has 4 N–H and O–H groups in total. The fourth-order valence-corrected chi connectivity index (χ4v) is 4.01. The number of nitrogens with two attached hydrogens (primary N) is 1. The van der Waals surface area contributed by atoms with Crippen molar-refractivity contribution < 1.29 is 22.5 Å². The summed E-state index contributed by atoms with van der Waals surface area (Å²) < 4.78 is 44.1. The SMILES string of the molecule is Nc1ncnc(C(=O)NCc2cc(-c3nc4ccc(C(F)(F)F)cc4[nH]3)no2)c1CN1CCCC1. The van der Waals surface area contributed by atoms with Crippen LogP contribution < -0.4 is 11.1 Å². The van der Waals surface area contributed by atoms with Crippen LogP contribution in [0.4, 0.5) is 19.0 Å². The Labute approximate surface area is 196 Å². The normalized spacial score (nSPS) is 14.6. The number of aromatic nitrogens is 5. The Morgan fingerprint density at radius 1 is 1.20 bits per heavy atom. The quantitative estimate of drug-likeness (QED) is 0.378. The van der Waals surface area contributed by atoms with Gasteiger partial charge in [0.05, 0.1) is 23.1 Å². The van der Waals surface area contributed by atoms with Gasteiger partial charge in [0.1, 0.15) is 23.5 Å². The maximum absolute atomic E-state index is 13.0. The first kappa shape index (κ1) is 22.8. The zero-order chi connectivity index (χ0) is 24.6. The van der Waals surface area contributed by atoms with E-state index in [1.165, 1.54) is 12.4 Å². The fraction of sp³-hybridized carbons (Fsp3) is 0.318. The summed E-state index contributed by atoms with van der Waals surface area (Å²) in [5.41, 5.74) is 6.88. The molecule has 3 aromatic heterocycles. The molecule has 4 aromatic rings. The molecule has 5 rings (SSSR count). The molecule has 1 amide bonds. The molecule has 4 heterocycles. The van der Waals surface area contributed by atoms with Gasteiger partial charge in [0.25, 0.3) is 5.91 Å². The first-order chi connectivity index (χ1) is 16.8. The van der Waals surface area contributed by atoms with Crippen molar-refractivity contribution in [3.05, 3.63) is 53.2 Å². The van der Waals surface area contributed by atoms with E-state index in [2.05, 4.69) is 35.3 Å². The molecule has 1 saturated heterocycles. The van der Waals surface area contributed by atoms with E-state index >= 15 is 0 Å². The van der Waals surface area contributed by atoms with Crippen molar-refractivity contribution in [2.75, 3.05) is 18.8 Å². The molecule has 0 aliphatic carbocycles. The third-order valence-corrected chi connectivity index (χ3v) is 5.81. The minimum absolute atomic E-state index is 0.0113. The summed E-state index contributed by atoms with van der Waals surface area (Å²) in [6.45, 7) is 2.35. The number of amides is 1. The van der Waals surface area contributed by atoms with Gasteiger partial charge in [0.2, 0.25) is 0 Å². The zero-order valence-electron chi connectivity index (χ0n) is 18.4. The molecule has 1 aromatic carbocycles. The highest BCUT2D eigenvalue weighted by Crippen LogP contribution is 2.31. The smallest absolute Gasteiger partial charge is 0.383 e. The lowest BCUT2D eigenvalue weighted by Crippen LogP contribution is -2.28. The molecule has 1 aliphatic heterocycles. The van der Waals surface area contributed by atoms with Crippen molar-refractivity contribution in [3.8, 4) is 11.5 Å². The van der Waals surface area contributed by atoms with Crippen LogP contribution in [0.1, 0.15) is 40.2 Å². The number of hydrogen-bond donors (Lipinski definition) is 3. The predicted molar refractivity (Wildman–Crippen MR) is 119 cm³/mol. The first-order valence-corrected chi connectivity index (χ1v) is 10.9. The van der Waals surface area contributed by atoms with Gasteiger partial charge >= 0.3 is 6.18 Å². The third-order valence-electron chi connectivity index (χ3n) is 5.81. The molecule has 0 saturated carbocycles. The van der Waals surface area contributed by atoms with Gasteiger partial charge in [-0.15, -0.1) is 0 Å². The summed E-state index contributed by atoms with van der Waals surface area (Å²) in [5.74, 6) is 0.400. The number of nitrogens with one attached hydrogen (secondary N) is 2. The molecular weight excluding hydrogens is 465 g/mol. The van der Waals surface area contributed by atoms with E-state index in [9.17, 15) is 18.0 Å². The predicted octanol–water partition coefficient (Wildman–Crippen LogP) is 3.13. The Balaban J connectivity index is 1.29. The van der Waals surface area contributed by atoms with Crippen LogP contribution >= 0.6 is 0 Å². The number of carbonyl (C=O) groups excluding carboxylic acids is 1. The van der Waals surface area contributed by atoms with E-state index in [1.54, 1.807) is 6.07 Å². The van der Waals surface area contributed by atoms with Crippen LogP contribution in [0.5, 0.6) is 0 Å². The highest BCUT2D eigenvalue weighted by atomic mass is 19.4. The Bertz CT molecular complexity index is 1370. The summed E-state index contributed by atoms with van der Waals surface area (Å²) in [6, 6.07) is 4.78. The van der Waals surface area contributed by atoms with Crippen LogP contribution in [0.3, 0.4) is 0 Å². The average Bonchev–Trinajstić information content (AvgIpc) is 3.58. The number of fused-ring (bicyclic) bond motifs is 1. The molecule has 182 valence electrons. The Hall–Kier alpha value is -4.00. The van der Waals surface area contributed by atoms with E-state index in [0.29, 0.717) is 29.1 Å². The second-order valence-electron chi connectivity index (χ2n) is 8.25. The molecule has 1 fully saturated rings. The molecule has 0 spiro atoms. The number of halogens is 3. The maximum Gasteiger partial charge on any atom is 0.416 e. The number of rotatable bonds is 6. The van der Waals surface area contributed by atoms with Crippen molar-refractivity contribution in [1.82, 2.24) is 35.3 Å². The lowest BCUT2D eigenvalue weighted by atomic mass is 10.2. The largest absolute Gasteiger partial charge is 0.416 e. The van der Waals surface area contributed by atoms with Crippen LogP contribution in [0.2, 0.25) is 0 Å². The number of carbonyl (C=O) groups is 1. The number of aromatic amines is 1. The lowest BCUT2D eigenvalue weighted by molar-refractivity contribution is -0.137. The molecule has 0 radical (unpaired) electrons. The Morgan fingerprint density at radius 3 is 2.77 bits per heavy atom. The van der Waals surface area contributed by atoms with Crippen LogP contribution in [0.15, 0.2) is 35.1 Å². The molecule has 10 nitrogen and oxygen atoms in total. The second kappa shape index (κ2) is 8.98. The zero-order valence-corrected chi connectivity index (χ0v) is 18.4. The summed E-state index contributed by atoms with van der Waals surface area (Å²) in [7, 11) is 0. The van der Waals surface area contributed by atoms with Crippen LogP contribution in [0.25, 0.3) is 22.6 Å². The molecule has 0 atom stereocenters. The van der Waals surface area contributed by atoms with Gasteiger partial charge in [0.15, 0.2) is 11.6 Å². The standard InChI is InChI=1S/C22H21F3N8O2/c23-22(24,25)12-3-4-15-16(7-12)31-20(30-15)17-8-13(35-32-17)9-27-21(34)18-14(19(26)29-11-28-18)10-33-5-1-2-6-33/h3-4,7-8,11H,1-2,5-6,9-10H2,(H,27,34)(H,30,31)(H2,26,28,29). The number of imidazole rings is 1. The number of nitrogens with zero attached hydrogens (tertiary/aromatic N) is 5. The lowest BCUT2D eigenvalue weighted by Gasteiger charge is -2.17. The Kier molecular flexibility index (Phi) is 5.84. The highest BCUT2D eigenvalue weighted by Gasteiger charge is 2.31. The summed E-state index contributed by atoms with van der Waals surface area (Å²) in [5, 5.41) is 6.64. The average molecular weight is 486 g/mol. The number of anilines is 1. The topological polar surface area (TPSA) is 139 Å². The van der Waals surface area contributed by atoms with Crippen LogP contribution in [-0.2, 0) is 19.3 Å². The molecule has 35 heavy (non-hydrogen) atoms. The van der Waals surface area contributed by atoms with Crippen molar-refractivity contribution in [2.24, 2.45) is 0 Å². The van der Waals surface area contributed by atoms with E-state index < -0.39 is 17.6 Å². The van der Waals surface area contributed by atoms with Crippen LogP contribution in [0, 0.1) is 0 Å². The summed E-state index contributed by atoms with van der Waals surface area (Å²) in [6.07, 6.45) is -1.02. The summed E-state index contributed by atoms with van der Waals surface area (Å²) >= 11 is 0. The first-order valence-electron chi connectivity index (χ1n) is 10.9. The maximum atomic E-state index is 13.0. The van der Waals surface area contributed by atoms with Gasteiger partial charge in [-0.1, -0.05) is 5.16 Å². The van der Waals surface area contributed by atoms with Gasteiger partial charge in [-0.05, 0) is 44.1 Å². The summed E-state index contributed by atoms with van der Waals surface area (Å²) in [4.78, 5) is 30.2. The molecule has 1 aliphatic rings. The van der Waals surface area contributed by atoms with Gasteiger partial charge in [0, 0.05) is 18.2 Å². The fourth-order valence-electron chi connectivity index (χ4n) is 4.01. The van der Waals surface area contributed by atoms with E-state index in [4.69, 9.17) is 10.3 Å². The molecule has 13 heteroatoms. The molecular formula is C22H21F3N8O2. The van der Waals surface area contributed by atoms with Gasteiger partial charge in [-0.3, -0.25) is 9.69 Å². The van der Waals surface area contributed by atoms with Gasteiger partial charge < -0.3 is 20.6 Å². The minimum atomic E-state index is -4.46. The monoisotopic (exact) mass is 486 g/mol. The van der Waals surface area contributed by atoms with E-state index in [0.717, 1.165) is 38.1 Å². The number of likely N-dealkylation sites (tertiary alicyclic amines) is 1. The number of H-pyrrole nitrogens is 1. The third kappa shape index (κ3) is 4.80. The van der Waals surface area contributed by atoms with Crippen molar-refractivity contribution in [3.63, 3.8) is 0 Å². The number of alkyl halides is 3. The second-order valence-corrected chi connectivity index (χ2v) is 8.25. The van der Waals surface area contributed by atoms with Gasteiger partial charge in [-0.2, -0.15) is 13.2 Å². The molecule has 0 bridgehead atoms. The highest BCUT2D eigenvalue weighted by molar-refractivity contribution is 5.94. The van der Waals surface area contributed by atoms with Crippen molar-refractivity contribution in [2.45, 2.75) is 32.1 Å². The Morgan fingerprint density at radius 2 is 2.00 bits per heavy atom. The van der Waals surface area contributed by atoms with Crippen LogP contribution in [-0.4, -0.2) is 49.0 Å². The number of hydrogen-bond acceptors (Lipinski definition) is 8.